The topological polar surface area (TPSA) is 111 Å². The number of aromatic nitrogens is 5. The fourth-order valence-electron chi connectivity index (χ4n) is 4.10. The maximum atomic E-state index is 12.9. The second-order valence-electron chi connectivity index (χ2n) is 7.92. The monoisotopic (exact) mass is 437 g/mol. The number of aromatic hydroxyl groups is 1. The van der Waals surface area contributed by atoms with E-state index in [-0.39, 0.29) is 17.4 Å². The molecule has 6 rings (SSSR count). The Hall–Kier alpha value is -4.66. The van der Waals surface area contributed by atoms with Gasteiger partial charge in [-0.15, -0.1) is 0 Å². The van der Waals surface area contributed by atoms with Crippen LogP contribution in [0.2, 0.25) is 0 Å². The molecule has 5 aromatic rings. The Balaban J connectivity index is 1.40. The lowest BCUT2D eigenvalue weighted by Gasteiger charge is -2.17. The minimum Gasteiger partial charge on any atom is -0.508 e. The fraction of sp³-hybridized carbons (Fsp3) is 0.0833. The van der Waals surface area contributed by atoms with Crippen molar-refractivity contribution in [2.75, 3.05) is 10.2 Å². The summed E-state index contributed by atoms with van der Waals surface area (Å²) in [5.41, 5.74) is 5.43. The zero-order chi connectivity index (χ0) is 22.4. The molecule has 3 N–H and O–H groups in total. The van der Waals surface area contributed by atoms with E-state index in [1.807, 2.05) is 18.2 Å². The van der Waals surface area contributed by atoms with E-state index in [2.05, 4.69) is 37.6 Å². The van der Waals surface area contributed by atoms with Crippen LogP contribution in [0.1, 0.15) is 21.6 Å². The van der Waals surface area contributed by atoms with E-state index in [9.17, 15) is 9.90 Å². The third-order valence-electron chi connectivity index (χ3n) is 5.71. The van der Waals surface area contributed by atoms with Gasteiger partial charge in [0.05, 0.1) is 11.9 Å². The number of H-pyrrole nitrogens is 1. The number of hydrogen-bond donors (Lipinski definition) is 3. The number of nitrogens with zero attached hydrogens (tertiary/aromatic N) is 5. The maximum absolute atomic E-state index is 12.9. The Morgan fingerprint density at radius 2 is 1.85 bits per heavy atom. The van der Waals surface area contributed by atoms with Crippen LogP contribution in [-0.2, 0) is 13.1 Å². The Labute approximate surface area is 188 Å². The summed E-state index contributed by atoms with van der Waals surface area (Å²) >= 11 is 0. The van der Waals surface area contributed by atoms with Gasteiger partial charge in [0, 0.05) is 48.7 Å². The van der Waals surface area contributed by atoms with Crippen molar-refractivity contribution in [1.82, 2.24) is 24.8 Å². The van der Waals surface area contributed by atoms with Gasteiger partial charge in [-0.1, -0.05) is 30.3 Å². The van der Waals surface area contributed by atoms with Crippen LogP contribution in [0.5, 0.6) is 5.75 Å². The van der Waals surface area contributed by atoms with Gasteiger partial charge >= 0.3 is 0 Å². The molecule has 0 atom stereocenters. The van der Waals surface area contributed by atoms with Crippen molar-refractivity contribution in [3.8, 4) is 17.0 Å². The molecular weight excluding hydrogens is 418 g/mol. The first-order chi connectivity index (χ1) is 16.1. The molecule has 162 valence electrons. The first kappa shape index (κ1) is 19.1. The number of phenolic OH excluding ortho intramolecular Hbond substituents is 1. The zero-order valence-corrected chi connectivity index (χ0v) is 17.4. The summed E-state index contributed by atoms with van der Waals surface area (Å²) in [6, 6.07) is 18.4. The number of amides is 1. The average Bonchev–Trinajstić information content (AvgIpc) is 3.57. The molecule has 1 amide bonds. The van der Waals surface area contributed by atoms with Crippen LogP contribution in [-0.4, -0.2) is 35.8 Å². The molecule has 3 aromatic heterocycles. The highest BCUT2D eigenvalue weighted by Crippen LogP contribution is 2.30. The molecule has 2 aromatic carbocycles. The van der Waals surface area contributed by atoms with Crippen molar-refractivity contribution >= 4 is 23.1 Å². The van der Waals surface area contributed by atoms with Gasteiger partial charge in [-0.25, -0.2) is 9.50 Å². The van der Waals surface area contributed by atoms with Crippen molar-refractivity contribution in [3.05, 3.63) is 89.9 Å². The molecule has 1 aliphatic heterocycles. The molecular formula is C24H19N7O2. The number of anilines is 2. The van der Waals surface area contributed by atoms with Crippen molar-refractivity contribution in [2.45, 2.75) is 13.1 Å². The minimum atomic E-state index is -0.389. The van der Waals surface area contributed by atoms with Gasteiger partial charge in [0.2, 0.25) is 0 Å². The van der Waals surface area contributed by atoms with Crippen molar-refractivity contribution in [1.29, 1.82) is 0 Å². The number of fused-ring (bicyclic) bond motifs is 2. The van der Waals surface area contributed by atoms with E-state index in [1.54, 1.807) is 41.2 Å². The van der Waals surface area contributed by atoms with Crippen LogP contribution in [0, 0.1) is 0 Å². The van der Waals surface area contributed by atoms with Crippen LogP contribution in [0.15, 0.2) is 73.1 Å². The Kier molecular flexibility index (Phi) is 4.32. The smallest absolute Gasteiger partial charge is 0.276 e. The molecule has 0 saturated heterocycles. The average molecular weight is 437 g/mol. The molecule has 9 nitrogen and oxygen atoms in total. The maximum Gasteiger partial charge on any atom is 0.276 e. The second kappa shape index (κ2) is 7.49. The standard InChI is InChI=1S/C24H19N7O2/c32-19-7-3-6-18(8-19)27-24(33)20-9-23-28-22(30-13-15-4-1-2-5-16(15)14-30)10-21(31(23)29-20)17-11-25-26-12-17/h1-12,32H,13-14H2,(H,25,26)(H,27,33). The highest BCUT2D eigenvalue weighted by molar-refractivity contribution is 6.03. The molecule has 0 saturated carbocycles. The SMILES string of the molecule is O=C(Nc1cccc(O)c1)c1cc2nc(N3Cc4ccccc4C3)cc(-c3cn[nH]c3)n2n1. The van der Waals surface area contributed by atoms with Gasteiger partial charge in [-0.3, -0.25) is 9.89 Å². The van der Waals surface area contributed by atoms with E-state index in [1.165, 1.54) is 17.2 Å². The quantitative estimate of drug-likeness (QED) is 0.396. The zero-order valence-electron chi connectivity index (χ0n) is 17.4. The highest BCUT2D eigenvalue weighted by atomic mass is 16.3. The lowest BCUT2D eigenvalue weighted by molar-refractivity contribution is 0.102. The molecule has 0 radical (unpaired) electrons. The van der Waals surface area contributed by atoms with E-state index in [0.29, 0.717) is 11.3 Å². The molecule has 0 aliphatic carbocycles. The Morgan fingerprint density at radius 3 is 2.58 bits per heavy atom. The number of carbonyl (C=O) groups is 1. The summed E-state index contributed by atoms with van der Waals surface area (Å²) in [5.74, 6) is 0.483. The van der Waals surface area contributed by atoms with E-state index < -0.39 is 0 Å². The first-order valence-corrected chi connectivity index (χ1v) is 10.5. The Morgan fingerprint density at radius 1 is 1.03 bits per heavy atom. The molecule has 1 aliphatic rings. The highest BCUT2D eigenvalue weighted by Gasteiger charge is 2.23. The van der Waals surface area contributed by atoms with Crippen LogP contribution in [0.4, 0.5) is 11.5 Å². The van der Waals surface area contributed by atoms with Crippen molar-refractivity contribution in [2.24, 2.45) is 0 Å². The van der Waals surface area contributed by atoms with Crippen LogP contribution >= 0.6 is 0 Å². The molecule has 4 heterocycles. The van der Waals surface area contributed by atoms with Gasteiger partial charge in [0.15, 0.2) is 11.3 Å². The molecule has 9 heteroatoms. The predicted octanol–water partition coefficient (Wildman–Crippen LogP) is 3.60. The number of carbonyl (C=O) groups excluding carboxylic acids is 1. The molecule has 0 fully saturated rings. The number of rotatable bonds is 4. The number of nitrogens with one attached hydrogen (secondary N) is 2. The summed E-state index contributed by atoms with van der Waals surface area (Å²) in [4.78, 5) is 19.9. The van der Waals surface area contributed by atoms with Crippen LogP contribution in [0.25, 0.3) is 16.9 Å². The molecule has 0 unspecified atom stereocenters. The largest absolute Gasteiger partial charge is 0.508 e. The van der Waals surface area contributed by atoms with Crippen LogP contribution in [0.3, 0.4) is 0 Å². The lowest BCUT2D eigenvalue weighted by atomic mass is 10.1. The summed E-state index contributed by atoms with van der Waals surface area (Å²) < 4.78 is 1.65. The van der Waals surface area contributed by atoms with E-state index in [0.717, 1.165) is 30.2 Å². The molecule has 0 spiro atoms. The predicted molar refractivity (Wildman–Crippen MR) is 123 cm³/mol. The van der Waals surface area contributed by atoms with Crippen molar-refractivity contribution in [3.63, 3.8) is 0 Å². The number of benzene rings is 2. The van der Waals surface area contributed by atoms with Gasteiger partial charge in [-0.2, -0.15) is 10.2 Å². The summed E-state index contributed by atoms with van der Waals surface area (Å²) in [6.07, 6.45) is 3.50. The van der Waals surface area contributed by atoms with Gasteiger partial charge in [0.25, 0.3) is 5.91 Å². The second-order valence-corrected chi connectivity index (χ2v) is 7.92. The van der Waals surface area contributed by atoms with Gasteiger partial charge in [-0.05, 0) is 23.3 Å². The lowest BCUT2D eigenvalue weighted by Crippen LogP contribution is -2.17. The number of hydrogen-bond acceptors (Lipinski definition) is 6. The normalized spacial score (nSPS) is 12.8. The third-order valence-corrected chi connectivity index (χ3v) is 5.71. The Bertz CT molecular complexity index is 1470. The van der Waals surface area contributed by atoms with Crippen molar-refractivity contribution < 1.29 is 9.90 Å². The van der Waals surface area contributed by atoms with E-state index in [4.69, 9.17) is 4.98 Å². The van der Waals surface area contributed by atoms with Crippen LogP contribution < -0.4 is 10.2 Å². The van der Waals surface area contributed by atoms with E-state index >= 15 is 0 Å². The minimum absolute atomic E-state index is 0.0722. The molecule has 33 heavy (non-hydrogen) atoms. The summed E-state index contributed by atoms with van der Waals surface area (Å²) in [6.45, 7) is 1.53. The molecule has 0 bridgehead atoms. The fourth-order valence-corrected chi connectivity index (χ4v) is 4.10. The number of aromatic amines is 1. The van der Waals surface area contributed by atoms with Gasteiger partial charge in [0.1, 0.15) is 11.6 Å². The van der Waals surface area contributed by atoms with Gasteiger partial charge < -0.3 is 15.3 Å². The third kappa shape index (κ3) is 3.45. The summed E-state index contributed by atoms with van der Waals surface area (Å²) in [5, 5.41) is 23.8. The summed E-state index contributed by atoms with van der Waals surface area (Å²) in [7, 11) is 0. The first-order valence-electron chi connectivity index (χ1n) is 10.5. The number of phenols is 1.